The second-order valence-electron chi connectivity index (χ2n) is 12.7. The van der Waals surface area contributed by atoms with E-state index in [1.165, 1.54) is 79.4 Å². The Labute approximate surface area is 328 Å². The van der Waals surface area contributed by atoms with Gasteiger partial charge in [0, 0.05) is 5.69 Å². The van der Waals surface area contributed by atoms with Gasteiger partial charge in [0.2, 0.25) is 0 Å². The van der Waals surface area contributed by atoms with E-state index in [0.29, 0.717) is 0 Å². The normalized spacial score (nSPS) is 10.7. The van der Waals surface area contributed by atoms with Gasteiger partial charge in [-0.05, 0) is 124 Å². The van der Waals surface area contributed by atoms with Crippen molar-refractivity contribution >= 4 is 62.2 Å². The lowest BCUT2D eigenvalue weighted by Gasteiger charge is -2.19. The smallest absolute Gasteiger partial charge is 0.0314 e. The molecule has 0 radical (unpaired) electrons. The molecule has 0 atom stereocenters. The summed E-state index contributed by atoms with van der Waals surface area (Å²) in [6, 6.07) is 68.5. The molecule has 0 spiro atoms. The Kier molecular flexibility index (Phi) is 14.9. The summed E-state index contributed by atoms with van der Waals surface area (Å²) in [4.78, 5) is 0. The van der Waals surface area contributed by atoms with E-state index in [4.69, 9.17) is 5.73 Å². The molecular formula is C51H50N3P. The number of hydrogen-bond acceptors (Lipinski definition) is 3. The highest BCUT2D eigenvalue weighted by molar-refractivity contribution is 7.79. The van der Waals surface area contributed by atoms with Crippen molar-refractivity contribution in [1.29, 1.82) is 0 Å². The van der Waals surface area contributed by atoms with Crippen LogP contribution in [-0.4, -0.2) is 14.1 Å². The van der Waals surface area contributed by atoms with Gasteiger partial charge in [-0.2, -0.15) is 0 Å². The van der Waals surface area contributed by atoms with E-state index >= 15 is 0 Å². The lowest BCUT2D eigenvalue weighted by Crippen LogP contribution is -2.20. The van der Waals surface area contributed by atoms with Crippen LogP contribution in [0.4, 0.5) is 5.69 Å². The van der Waals surface area contributed by atoms with E-state index in [2.05, 4.69) is 213 Å². The molecule has 0 saturated carbocycles. The molecule has 0 aromatic heterocycles. The first kappa shape index (κ1) is 40.1. The average molecular weight is 736 g/mol. The zero-order valence-corrected chi connectivity index (χ0v) is 32.8. The molecule has 8 aromatic carbocycles. The molecule has 0 heterocycles. The van der Waals surface area contributed by atoms with Crippen LogP contribution >= 0.6 is 7.92 Å². The van der Waals surface area contributed by atoms with Gasteiger partial charge in [-0.15, -0.1) is 0 Å². The van der Waals surface area contributed by atoms with Crippen LogP contribution in [0.2, 0.25) is 0 Å². The summed E-state index contributed by atoms with van der Waals surface area (Å²) >= 11 is 0. The zero-order chi connectivity index (χ0) is 39.0. The highest BCUT2D eigenvalue weighted by Crippen LogP contribution is 2.33. The number of anilines is 1. The maximum Gasteiger partial charge on any atom is 0.0314 e. The summed E-state index contributed by atoms with van der Waals surface area (Å²) in [7, 11) is 2.45. The molecule has 3 nitrogen and oxygen atoms in total. The molecule has 0 bridgehead atoms. The second-order valence-corrected chi connectivity index (χ2v) is 14.9. The van der Waals surface area contributed by atoms with Crippen LogP contribution in [-0.2, 0) is 0 Å². The predicted octanol–water partition coefficient (Wildman–Crippen LogP) is 11.0. The molecule has 0 unspecified atom stereocenters. The SMILES string of the molecule is C=C(/C=C(\C)c1ccc2ccccc2c1)c1ccc2ccccc2c1.CN.CN.Nc1ccc(-c2ccc(P(c3ccccc3)c3ccccc3)cc2)cc1. The van der Waals surface area contributed by atoms with E-state index in [1.807, 2.05) is 12.1 Å². The molecule has 0 aliphatic carbocycles. The summed E-state index contributed by atoms with van der Waals surface area (Å²) in [5.41, 5.74) is 22.7. The Morgan fingerprint density at radius 3 is 1.31 bits per heavy atom. The summed E-state index contributed by atoms with van der Waals surface area (Å²) < 4.78 is 0. The van der Waals surface area contributed by atoms with Crippen LogP contribution in [0.15, 0.2) is 207 Å². The summed E-state index contributed by atoms with van der Waals surface area (Å²) in [6.07, 6.45) is 2.17. The molecule has 6 N–H and O–H groups in total. The van der Waals surface area contributed by atoms with Crippen molar-refractivity contribution < 1.29 is 0 Å². The second kappa shape index (κ2) is 20.4. The maximum atomic E-state index is 5.80. The fourth-order valence-electron chi connectivity index (χ4n) is 6.33. The summed E-state index contributed by atoms with van der Waals surface area (Å²) in [6.45, 7) is 6.43. The molecule has 0 saturated heterocycles. The number of allylic oxidation sites excluding steroid dienone is 3. The highest BCUT2D eigenvalue weighted by atomic mass is 31.1. The van der Waals surface area contributed by atoms with Crippen molar-refractivity contribution in [3.8, 4) is 11.1 Å². The van der Waals surface area contributed by atoms with Crippen LogP contribution in [0, 0.1) is 0 Å². The first-order valence-electron chi connectivity index (χ1n) is 18.4. The maximum absolute atomic E-state index is 5.80. The quantitative estimate of drug-likeness (QED) is 0.0866. The van der Waals surface area contributed by atoms with Gasteiger partial charge in [0.05, 0.1) is 0 Å². The Morgan fingerprint density at radius 1 is 0.436 bits per heavy atom. The van der Waals surface area contributed by atoms with Gasteiger partial charge in [-0.1, -0.05) is 183 Å². The van der Waals surface area contributed by atoms with Crippen molar-refractivity contribution in [1.82, 2.24) is 0 Å². The topological polar surface area (TPSA) is 78.1 Å². The number of benzene rings is 8. The van der Waals surface area contributed by atoms with E-state index in [9.17, 15) is 0 Å². The third-order valence-electron chi connectivity index (χ3n) is 9.11. The Hall–Kier alpha value is -6.09. The van der Waals surface area contributed by atoms with Gasteiger partial charge in [0.1, 0.15) is 0 Å². The molecule has 8 aromatic rings. The number of nitrogens with two attached hydrogens (primary N) is 3. The van der Waals surface area contributed by atoms with Gasteiger partial charge < -0.3 is 17.2 Å². The molecule has 0 aliphatic rings. The monoisotopic (exact) mass is 735 g/mol. The Morgan fingerprint density at radius 2 is 0.818 bits per heavy atom. The van der Waals surface area contributed by atoms with Gasteiger partial charge in [-0.3, -0.25) is 0 Å². The lowest BCUT2D eigenvalue weighted by molar-refractivity contribution is 1.48. The Bertz CT molecular complexity index is 2400. The molecule has 0 amide bonds. The van der Waals surface area contributed by atoms with Gasteiger partial charge in [0.15, 0.2) is 0 Å². The molecule has 4 heteroatoms. The van der Waals surface area contributed by atoms with Gasteiger partial charge in [0.25, 0.3) is 0 Å². The largest absolute Gasteiger partial charge is 0.399 e. The average Bonchev–Trinajstić information content (AvgIpc) is 3.26. The minimum absolute atomic E-state index is 0.552. The van der Waals surface area contributed by atoms with E-state index in [1.54, 1.807) is 0 Å². The van der Waals surface area contributed by atoms with Crippen molar-refractivity contribution in [2.45, 2.75) is 6.92 Å². The van der Waals surface area contributed by atoms with Crippen molar-refractivity contribution in [3.63, 3.8) is 0 Å². The molecule has 0 aliphatic heterocycles. The molecule has 55 heavy (non-hydrogen) atoms. The van der Waals surface area contributed by atoms with Crippen molar-refractivity contribution in [2.24, 2.45) is 11.5 Å². The number of hydrogen-bond donors (Lipinski definition) is 3. The van der Waals surface area contributed by atoms with Crippen LogP contribution < -0.4 is 33.1 Å². The standard InChI is InChI=1S/C25H20.C24H20NP.2CH5N/c1-18(22-13-11-20-7-3-5-9-24(20)16-22)15-19(2)23-14-12-21-8-4-6-10-25(21)17-23;25-21-15-11-19(12-16-21)20-13-17-24(18-14-20)26(22-7-3-1-4-8-22)23-9-5-2-6-10-23;2*1-2/h3-17H,1H2,2H3;1-18H,25H2;2*2H2,1H3/b19-15+;;;. The first-order valence-corrected chi connectivity index (χ1v) is 19.7. The molecule has 0 fully saturated rings. The van der Waals surface area contributed by atoms with Crippen LogP contribution in [0.5, 0.6) is 0 Å². The fraction of sp³-hybridized carbons (Fsp3) is 0.0588. The van der Waals surface area contributed by atoms with Crippen LogP contribution in [0.1, 0.15) is 18.1 Å². The predicted molar refractivity (Wildman–Crippen MR) is 246 cm³/mol. The van der Waals surface area contributed by atoms with E-state index in [0.717, 1.165) is 11.3 Å². The Balaban J connectivity index is 0.000000194. The first-order chi connectivity index (χ1) is 27.0. The zero-order valence-electron chi connectivity index (χ0n) is 31.9. The third-order valence-corrected chi connectivity index (χ3v) is 11.6. The van der Waals surface area contributed by atoms with Crippen LogP contribution in [0.25, 0.3) is 43.8 Å². The number of fused-ring (bicyclic) bond motifs is 2. The van der Waals surface area contributed by atoms with E-state index in [-0.39, 0.29) is 0 Å². The fourth-order valence-corrected chi connectivity index (χ4v) is 8.61. The van der Waals surface area contributed by atoms with Crippen molar-refractivity contribution in [2.75, 3.05) is 19.8 Å². The molecule has 8 rings (SSSR count). The molecular weight excluding hydrogens is 686 g/mol. The summed E-state index contributed by atoms with van der Waals surface area (Å²) in [5, 5.41) is 9.14. The molecule has 274 valence electrons. The lowest BCUT2D eigenvalue weighted by atomic mass is 9.97. The highest BCUT2D eigenvalue weighted by Gasteiger charge is 2.16. The minimum Gasteiger partial charge on any atom is -0.399 e. The van der Waals surface area contributed by atoms with Crippen LogP contribution in [0.3, 0.4) is 0 Å². The van der Waals surface area contributed by atoms with E-state index < -0.39 is 7.92 Å². The van der Waals surface area contributed by atoms with Gasteiger partial charge >= 0.3 is 0 Å². The summed E-state index contributed by atoms with van der Waals surface area (Å²) in [5.74, 6) is 0. The van der Waals surface area contributed by atoms with Crippen molar-refractivity contribution in [3.05, 3.63) is 218 Å². The number of nitrogen functional groups attached to an aromatic ring is 1. The number of rotatable bonds is 7. The van der Waals surface area contributed by atoms with Gasteiger partial charge in [-0.25, -0.2) is 0 Å². The third kappa shape index (κ3) is 10.5. The minimum atomic E-state index is -0.552.